The van der Waals surface area contributed by atoms with Crippen molar-refractivity contribution in [1.82, 2.24) is 24.4 Å². The summed E-state index contributed by atoms with van der Waals surface area (Å²) in [6.07, 6.45) is 6.10. The van der Waals surface area contributed by atoms with E-state index < -0.39 is 10.0 Å². The molecule has 0 radical (unpaired) electrons. The Bertz CT molecular complexity index is 1220. The zero-order valence-electron chi connectivity index (χ0n) is 19.0. The topological polar surface area (TPSA) is 116 Å². The average molecular weight is 486 g/mol. The van der Waals surface area contributed by atoms with Crippen LogP contribution >= 0.6 is 0 Å². The summed E-state index contributed by atoms with van der Waals surface area (Å²) in [6.45, 7) is 0.902. The maximum atomic E-state index is 13.1. The molecule has 1 aromatic carbocycles. The molecule has 0 bridgehead atoms. The first-order valence-electron chi connectivity index (χ1n) is 10.9. The number of ether oxygens (including phenoxy) is 2. The number of carbonyl (C=O) groups is 1. The summed E-state index contributed by atoms with van der Waals surface area (Å²) in [4.78, 5) is 17.2. The molecular formula is C23H27N5O5S. The van der Waals surface area contributed by atoms with Crippen molar-refractivity contribution in [2.45, 2.75) is 24.3 Å². The van der Waals surface area contributed by atoms with Crippen molar-refractivity contribution in [2.24, 2.45) is 5.92 Å². The molecule has 1 aliphatic heterocycles. The molecule has 1 amide bonds. The number of carbonyl (C=O) groups excluding carboxylic acids is 1. The van der Waals surface area contributed by atoms with Gasteiger partial charge in [-0.25, -0.2) is 18.1 Å². The van der Waals surface area contributed by atoms with Gasteiger partial charge < -0.3 is 14.8 Å². The van der Waals surface area contributed by atoms with Gasteiger partial charge in [0.1, 0.15) is 0 Å². The number of sulfonamides is 1. The van der Waals surface area contributed by atoms with E-state index in [0.717, 1.165) is 5.56 Å². The number of methoxy groups -OCH3 is 2. The van der Waals surface area contributed by atoms with E-state index in [1.165, 1.54) is 30.7 Å². The molecule has 0 saturated carbocycles. The maximum absolute atomic E-state index is 13.1. The van der Waals surface area contributed by atoms with Gasteiger partial charge in [-0.15, -0.1) is 0 Å². The fraction of sp³-hybridized carbons (Fsp3) is 0.348. The molecule has 34 heavy (non-hydrogen) atoms. The largest absolute Gasteiger partial charge is 0.493 e. The van der Waals surface area contributed by atoms with Gasteiger partial charge in [-0.3, -0.25) is 4.79 Å². The summed E-state index contributed by atoms with van der Waals surface area (Å²) in [5.41, 5.74) is 0.873. The number of rotatable bonds is 8. The average Bonchev–Trinajstić information content (AvgIpc) is 3.42. The first kappa shape index (κ1) is 23.7. The monoisotopic (exact) mass is 485 g/mol. The van der Waals surface area contributed by atoms with Gasteiger partial charge in [0.05, 0.1) is 19.1 Å². The third-order valence-corrected chi connectivity index (χ3v) is 7.73. The highest BCUT2D eigenvalue weighted by Crippen LogP contribution is 2.32. The molecule has 0 spiro atoms. The molecule has 11 heteroatoms. The molecule has 1 fully saturated rings. The third-order valence-electron chi connectivity index (χ3n) is 5.83. The number of nitrogens with zero attached hydrogens (tertiary/aromatic N) is 4. The van der Waals surface area contributed by atoms with Crippen molar-refractivity contribution in [2.75, 3.05) is 27.3 Å². The summed E-state index contributed by atoms with van der Waals surface area (Å²) >= 11 is 0. The number of aromatic nitrogens is 3. The van der Waals surface area contributed by atoms with Crippen LogP contribution in [-0.2, 0) is 21.4 Å². The molecule has 180 valence electrons. The van der Waals surface area contributed by atoms with E-state index in [9.17, 15) is 13.2 Å². The smallest absolute Gasteiger partial charge is 0.243 e. The van der Waals surface area contributed by atoms with Gasteiger partial charge >= 0.3 is 0 Å². The van der Waals surface area contributed by atoms with Crippen molar-refractivity contribution in [3.63, 3.8) is 0 Å². The Morgan fingerprint density at radius 2 is 1.88 bits per heavy atom. The van der Waals surface area contributed by atoms with Crippen LogP contribution in [0.1, 0.15) is 18.4 Å². The van der Waals surface area contributed by atoms with E-state index in [1.54, 1.807) is 23.1 Å². The van der Waals surface area contributed by atoms with Crippen molar-refractivity contribution < 1.29 is 22.7 Å². The first-order valence-corrected chi connectivity index (χ1v) is 12.3. The third kappa shape index (κ3) is 5.05. The molecule has 4 rings (SSSR count). The van der Waals surface area contributed by atoms with Crippen LogP contribution in [0.3, 0.4) is 0 Å². The van der Waals surface area contributed by atoms with Gasteiger partial charge in [0.2, 0.25) is 15.9 Å². The van der Waals surface area contributed by atoms with E-state index in [-0.39, 0.29) is 29.8 Å². The van der Waals surface area contributed by atoms with Crippen molar-refractivity contribution >= 4 is 15.9 Å². The molecule has 0 atom stereocenters. The number of benzene rings is 1. The minimum Gasteiger partial charge on any atom is -0.493 e. The highest BCUT2D eigenvalue weighted by molar-refractivity contribution is 7.89. The van der Waals surface area contributed by atoms with Crippen molar-refractivity contribution in [3.8, 4) is 17.3 Å². The Labute approximate surface area is 198 Å². The van der Waals surface area contributed by atoms with Crippen LogP contribution in [-0.4, -0.2) is 60.7 Å². The first-order chi connectivity index (χ1) is 16.4. The summed E-state index contributed by atoms with van der Waals surface area (Å²) < 4.78 is 39.6. The number of amides is 1. The minimum absolute atomic E-state index is 0.0840. The predicted octanol–water partition coefficient (Wildman–Crippen LogP) is 2.00. The molecule has 0 unspecified atom stereocenters. The molecule has 3 heterocycles. The lowest BCUT2D eigenvalue weighted by atomic mass is 9.97. The quantitative estimate of drug-likeness (QED) is 0.519. The summed E-state index contributed by atoms with van der Waals surface area (Å²) in [5.74, 6) is 1.18. The minimum atomic E-state index is -3.70. The Morgan fingerprint density at radius 3 is 2.50 bits per heavy atom. The van der Waals surface area contributed by atoms with Crippen LogP contribution in [0.2, 0.25) is 0 Å². The standard InChI is InChI=1S/C23H27N5O5S/c1-32-20-6-5-19(14-21(20)33-2)34(30,31)27-12-8-18(9-13-27)23(29)25-16-17-4-7-22(24-15-17)28-11-3-10-26-28/h3-7,10-11,14-15,18H,8-9,12-13,16H2,1-2H3,(H,25,29). The lowest BCUT2D eigenvalue weighted by Gasteiger charge is -2.30. The summed E-state index contributed by atoms with van der Waals surface area (Å²) in [6, 6.07) is 10.1. The van der Waals surface area contributed by atoms with E-state index in [4.69, 9.17) is 9.47 Å². The normalized spacial score (nSPS) is 15.1. The van der Waals surface area contributed by atoms with Crippen LogP contribution in [0.15, 0.2) is 59.9 Å². The van der Waals surface area contributed by atoms with Gasteiger partial charge in [-0.1, -0.05) is 6.07 Å². The van der Waals surface area contributed by atoms with Crippen LogP contribution in [0.4, 0.5) is 0 Å². The van der Waals surface area contributed by atoms with E-state index >= 15 is 0 Å². The molecule has 0 aliphatic carbocycles. The number of nitrogens with one attached hydrogen (secondary N) is 1. The van der Waals surface area contributed by atoms with Gasteiger partial charge in [-0.05, 0) is 42.7 Å². The van der Waals surface area contributed by atoms with Gasteiger partial charge in [0, 0.05) is 50.2 Å². The number of hydrogen-bond donors (Lipinski definition) is 1. The highest BCUT2D eigenvalue weighted by Gasteiger charge is 2.32. The fourth-order valence-corrected chi connectivity index (χ4v) is 5.36. The van der Waals surface area contributed by atoms with Crippen LogP contribution in [0, 0.1) is 5.92 Å². The number of pyridine rings is 1. The number of piperidine rings is 1. The van der Waals surface area contributed by atoms with Crippen molar-refractivity contribution in [3.05, 3.63) is 60.6 Å². The summed E-state index contributed by atoms with van der Waals surface area (Å²) in [5, 5.41) is 7.07. The fourth-order valence-electron chi connectivity index (χ4n) is 3.88. The molecule has 1 aliphatic rings. The van der Waals surface area contributed by atoms with Crippen molar-refractivity contribution in [1.29, 1.82) is 0 Å². The van der Waals surface area contributed by atoms with Gasteiger partial charge in [0.15, 0.2) is 17.3 Å². The van der Waals surface area contributed by atoms with Gasteiger partial charge in [0.25, 0.3) is 0 Å². The highest BCUT2D eigenvalue weighted by atomic mass is 32.2. The number of hydrogen-bond acceptors (Lipinski definition) is 7. The molecule has 1 N–H and O–H groups in total. The SMILES string of the molecule is COc1ccc(S(=O)(=O)N2CCC(C(=O)NCc3ccc(-n4cccn4)nc3)CC2)cc1OC. The van der Waals surface area contributed by atoms with E-state index in [1.807, 2.05) is 24.4 Å². The van der Waals surface area contributed by atoms with Gasteiger partial charge in [-0.2, -0.15) is 9.40 Å². The maximum Gasteiger partial charge on any atom is 0.243 e. The Balaban J connectivity index is 1.31. The zero-order chi connectivity index (χ0) is 24.1. The Hall–Kier alpha value is -3.44. The Morgan fingerprint density at radius 1 is 1.12 bits per heavy atom. The second-order valence-corrected chi connectivity index (χ2v) is 9.83. The van der Waals surface area contributed by atoms with E-state index in [0.29, 0.717) is 36.7 Å². The molecular weight excluding hydrogens is 458 g/mol. The van der Waals surface area contributed by atoms with Crippen LogP contribution < -0.4 is 14.8 Å². The Kier molecular flexibility index (Phi) is 7.13. The second kappa shape index (κ2) is 10.2. The molecule has 10 nitrogen and oxygen atoms in total. The van der Waals surface area contributed by atoms with E-state index in [2.05, 4.69) is 15.4 Å². The molecule has 2 aromatic heterocycles. The van der Waals surface area contributed by atoms with Crippen LogP contribution in [0.5, 0.6) is 11.5 Å². The molecule has 1 saturated heterocycles. The predicted molar refractivity (Wildman–Crippen MR) is 124 cm³/mol. The lowest BCUT2D eigenvalue weighted by molar-refractivity contribution is -0.126. The summed E-state index contributed by atoms with van der Waals surface area (Å²) in [7, 11) is -0.741. The lowest BCUT2D eigenvalue weighted by Crippen LogP contribution is -2.42. The zero-order valence-corrected chi connectivity index (χ0v) is 19.9. The second-order valence-electron chi connectivity index (χ2n) is 7.89. The molecule has 3 aromatic rings. The van der Waals surface area contributed by atoms with Crippen LogP contribution in [0.25, 0.3) is 5.82 Å².